The van der Waals surface area contributed by atoms with Gasteiger partial charge in [0.25, 0.3) is 0 Å². The van der Waals surface area contributed by atoms with Crippen LogP contribution in [0.1, 0.15) is 71.6 Å². The molecule has 0 aromatic rings. The predicted molar refractivity (Wildman–Crippen MR) is 137 cm³/mol. The van der Waals surface area contributed by atoms with Crippen molar-refractivity contribution in [1.82, 2.24) is 0 Å². The first-order valence-electron chi connectivity index (χ1n) is 11.9. The van der Waals surface area contributed by atoms with Gasteiger partial charge in [0, 0.05) is 19.7 Å². The van der Waals surface area contributed by atoms with Crippen molar-refractivity contribution < 1.29 is 14.0 Å². The lowest BCUT2D eigenvalue weighted by Crippen LogP contribution is -2.60. The number of methoxy groups -OCH3 is 1. The van der Waals surface area contributed by atoms with Crippen molar-refractivity contribution in [3.8, 4) is 0 Å². The third kappa shape index (κ3) is 13.9. The minimum atomic E-state index is -1.54. The first kappa shape index (κ1) is 29.1. The predicted octanol–water partition coefficient (Wildman–Crippen LogP) is 7.80. The smallest absolute Gasteiger partial charge is 0.305 e. The largest absolute Gasteiger partial charge is 0.469 e. The topological polar surface area (TPSA) is 35.5 Å². The maximum atomic E-state index is 11.1. The molecule has 29 heavy (non-hydrogen) atoms. The van der Waals surface area contributed by atoms with E-state index >= 15 is 0 Å². The van der Waals surface area contributed by atoms with E-state index in [-0.39, 0.29) is 11.2 Å². The quantitative estimate of drug-likeness (QED) is 0.134. The average Bonchev–Trinajstić information content (AvgIpc) is 2.52. The van der Waals surface area contributed by atoms with E-state index < -0.39 is 24.5 Å². The molecule has 174 valence electrons. The molecule has 0 heterocycles. The molecule has 3 nitrogen and oxygen atoms in total. The number of ether oxygens (including phenoxy) is 1. The Labute approximate surface area is 185 Å². The van der Waals surface area contributed by atoms with Gasteiger partial charge in [-0.05, 0) is 39.9 Å². The van der Waals surface area contributed by atoms with Crippen molar-refractivity contribution in [1.29, 1.82) is 0 Å². The van der Waals surface area contributed by atoms with Crippen LogP contribution in [0, 0.1) is 0 Å². The fourth-order valence-corrected chi connectivity index (χ4v) is 21.5. The summed E-state index contributed by atoms with van der Waals surface area (Å²) in [4.78, 5) is 11.1. The number of esters is 1. The van der Waals surface area contributed by atoms with E-state index in [1.807, 2.05) is 0 Å². The fraction of sp³-hybridized carbons (Fsp3) is 0.957. The van der Waals surface area contributed by atoms with Gasteiger partial charge in [0.05, 0.1) is 15.2 Å². The van der Waals surface area contributed by atoms with Crippen molar-refractivity contribution in [3.05, 3.63) is 0 Å². The third-order valence-corrected chi connectivity index (χ3v) is 19.2. The van der Waals surface area contributed by atoms with E-state index in [0.29, 0.717) is 6.42 Å². The van der Waals surface area contributed by atoms with Crippen LogP contribution in [-0.2, 0) is 14.0 Å². The summed E-state index contributed by atoms with van der Waals surface area (Å²) in [5.74, 6) is -0.0726. The Hall–Kier alpha value is 0.0806. The summed E-state index contributed by atoms with van der Waals surface area (Å²) in [5.41, 5.74) is 1.47. The van der Waals surface area contributed by atoms with Crippen LogP contribution in [-0.4, -0.2) is 42.8 Å². The van der Waals surface area contributed by atoms with E-state index in [1.165, 1.54) is 57.3 Å². The summed E-state index contributed by atoms with van der Waals surface area (Å²) >= 11 is 0. The van der Waals surface area contributed by atoms with E-state index in [9.17, 15) is 4.79 Å². The van der Waals surface area contributed by atoms with Crippen LogP contribution in [0.4, 0.5) is 0 Å². The van der Waals surface area contributed by atoms with Crippen LogP contribution >= 0.6 is 0 Å². The van der Waals surface area contributed by atoms with Crippen LogP contribution in [0.25, 0.3) is 0 Å². The van der Waals surface area contributed by atoms with E-state index in [1.54, 1.807) is 0 Å². The summed E-state index contributed by atoms with van der Waals surface area (Å²) in [6.45, 7) is 22.1. The normalized spacial score (nSPS) is 15.2. The second kappa shape index (κ2) is 12.8. The minimum Gasteiger partial charge on any atom is -0.469 e. The zero-order valence-corrected chi connectivity index (χ0v) is 24.5. The molecule has 0 aliphatic carbocycles. The van der Waals surface area contributed by atoms with Crippen molar-refractivity contribution in [3.63, 3.8) is 0 Å². The van der Waals surface area contributed by atoms with Gasteiger partial charge in [0.1, 0.15) is 0 Å². The molecule has 1 unspecified atom stereocenters. The Morgan fingerprint density at radius 3 is 1.62 bits per heavy atom. The molecule has 0 N–H and O–H groups in total. The zero-order chi connectivity index (χ0) is 22.8. The number of carbonyl (C=O) groups excluding carboxylic acids is 1. The molecule has 0 radical (unpaired) electrons. The lowest BCUT2D eigenvalue weighted by Gasteiger charge is -2.48. The Kier molecular flexibility index (Phi) is 12.9. The van der Waals surface area contributed by atoms with Crippen LogP contribution < -0.4 is 0 Å². The van der Waals surface area contributed by atoms with E-state index in [0.717, 1.165) is 12.8 Å². The molecule has 0 saturated carbocycles. The average molecular weight is 461 g/mol. The van der Waals surface area contributed by atoms with Crippen molar-refractivity contribution in [2.24, 2.45) is 0 Å². The summed E-state index contributed by atoms with van der Waals surface area (Å²) in [6, 6.07) is 1.41. The number of carbonyl (C=O) groups is 1. The second-order valence-electron chi connectivity index (χ2n) is 11.9. The van der Waals surface area contributed by atoms with Crippen molar-refractivity contribution >= 4 is 30.4 Å². The van der Waals surface area contributed by atoms with Gasteiger partial charge in [0.15, 0.2) is 8.32 Å². The highest BCUT2D eigenvalue weighted by Crippen LogP contribution is 2.38. The van der Waals surface area contributed by atoms with Gasteiger partial charge < -0.3 is 9.16 Å². The number of rotatable bonds is 16. The molecule has 0 amide bonds. The second-order valence-corrected chi connectivity index (χ2v) is 27.7. The Morgan fingerprint density at radius 1 is 0.759 bits per heavy atom. The number of hydrogen-bond donors (Lipinski definition) is 0. The molecule has 0 bridgehead atoms. The lowest BCUT2D eigenvalue weighted by atomic mass is 10.1. The minimum absolute atomic E-state index is 0.0726. The zero-order valence-electron chi connectivity index (χ0n) is 21.5. The Morgan fingerprint density at radius 2 is 1.21 bits per heavy atom. The van der Waals surface area contributed by atoms with Gasteiger partial charge in [-0.1, -0.05) is 82.8 Å². The van der Waals surface area contributed by atoms with Crippen molar-refractivity contribution in [2.45, 2.75) is 134 Å². The van der Waals surface area contributed by atoms with Crippen molar-refractivity contribution in [2.75, 3.05) is 7.11 Å². The van der Waals surface area contributed by atoms with Gasteiger partial charge in [-0.25, -0.2) is 0 Å². The van der Waals surface area contributed by atoms with Gasteiger partial charge in [-0.2, -0.15) is 0 Å². The Bertz CT molecular complexity index is 467. The number of hydrogen-bond acceptors (Lipinski definition) is 3. The molecule has 0 fully saturated rings. The number of unbranched alkanes of at least 4 members (excludes halogenated alkanes) is 7. The highest BCUT2D eigenvalue weighted by atomic mass is 28.4. The van der Waals surface area contributed by atoms with E-state index in [4.69, 9.17) is 9.16 Å². The third-order valence-electron chi connectivity index (χ3n) is 6.02. The molecule has 0 aliphatic heterocycles. The fourth-order valence-electron chi connectivity index (χ4n) is 4.61. The molecule has 0 rings (SSSR count). The summed E-state index contributed by atoms with van der Waals surface area (Å²) in [6.07, 6.45) is 10.7. The lowest BCUT2D eigenvalue weighted by molar-refractivity contribution is -0.140. The standard InChI is InChI=1S/C23H52O3Si3/c1-23(2,26-28(7,8)9)29(10,21-27(4,5)6)20-18-16-14-12-11-13-15-17-19-22(24)25-3/h11-21H2,1-10H3. The SMILES string of the molecule is COC(=O)CCCCCCCCCC[Si](C)(C[Si](C)(C)C)C(C)(C)O[Si](C)(C)C. The maximum absolute atomic E-state index is 11.1. The Balaban J connectivity index is 4.37. The van der Waals surface area contributed by atoms with Gasteiger partial charge in [0.2, 0.25) is 0 Å². The van der Waals surface area contributed by atoms with Gasteiger partial charge >= 0.3 is 5.97 Å². The van der Waals surface area contributed by atoms with Crippen LogP contribution in [0.3, 0.4) is 0 Å². The summed E-state index contributed by atoms with van der Waals surface area (Å²) in [7, 11) is -2.68. The highest BCUT2D eigenvalue weighted by Gasteiger charge is 2.47. The first-order valence-corrected chi connectivity index (χ1v) is 21.9. The molecule has 0 spiro atoms. The molecular formula is C23H52O3Si3. The molecule has 0 aliphatic rings. The summed E-state index contributed by atoms with van der Waals surface area (Å²) in [5, 5.41) is 0.0807. The van der Waals surface area contributed by atoms with Gasteiger partial charge in [-0.3, -0.25) is 4.79 Å². The molecule has 6 heteroatoms. The highest BCUT2D eigenvalue weighted by molar-refractivity contribution is 6.96. The van der Waals surface area contributed by atoms with Crippen LogP contribution in [0.15, 0.2) is 0 Å². The maximum Gasteiger partial charge on any atom is 0.305 e. The molecular weight excluding hydrogens is 409 g/mol. The van der Waals surface area contributed by atoms with E-state index in [2.05, 4.69) is 59.7 Å². The van der Waals surface area contributed by atoms with Gasteiger partial charge in [-0.15, -0.1) is 0 Å². The first-order chi connectivity index (χ1) is 13.1. The molecule has 0 aromatic heterocycles. The van der Waals surface area contributed by atoms with Crippen LogP contribution in [0.5, 0.6) is 0 Å². The van der Waals surface area contributed by atoms with Crippen LogP contribution in [0.2, 0.25) is 57.5 Å². The molecule has 0 saturated heterocycles. The summed E-state index contributed by atoms with van der Waals surface area (Å²) < 4.78 is 11.5. The molecule has 1 atom stereocenters. The monoisotopic (exact) mass is 460 g/mol. The molecule has 0 aromatic carbocycles.